The van der Waals surface area contributed by atoms with Gasteiger partial charge in [0.1, 0.15) is 8.07 Å². The Morgan fingerprint density at radius 1 is 0.513 bits per heavy atom. The number of hydrogen-bond donors (Lipinski definition) is 0. The summed E-state index contributed by atoms with van der Waals surface area (Å²) in [5, 5.41) is 3.46. The minimum atomic E-state index is -1.85. The maximum Gasteiger partial charge on any atom is 0.109 e. The zero-order chi connectivity index (χ0) is 27.3. The second-order valence-corrected chi connectivity index (χ2v) is 16.6. The summed E-state index contributed by atoms with van der Waals surface area (Å²) in [7, 11) is -1.85. The summed E-state index contributed by atoms with van der Waals surface area (Å²) in [6.07, 6.45) is 7.47. The highest BCUT2D eigenvalue weighted by atomic mass is 28.3. The van der Waals surface area contributed by atoms with Crippen molar-refractivity contribution in [2.45, 2.75) is 66.5 Å². The van der Waals surface area contributed by atoms with Crippen molar-refractivity contribution in [3.8, 4) is 22.3 Å². The van der Waals surface area contributed by atoms with Crippen molar-refractivity contribution in [3.05, 3.63) is 128 Å². The lowest BCUT2D eigenvalue weighted by Gasteiger charge is -2.33. The van der Waals surface area contributed by atoms with Crippen LogP contribution in [-0.2, 0) is 12.8 Å². The highest BCUT2D eigenvalue weighted by Crippen LogP contribution is 2.47. The number of fused-ring (bicyclic) bond motifs is 2. The lowest BCUT2D eigenvalue weighted by molar-refractivity contribution is 1.15. The van der Waals surface area contributed by atoms with Crippen LogP contribution in [0.3, 0.4) is 0 Å². The summed E-state index contributed by atoms with van der Waals surface area (Å²) in [6.45, 7) is 13.9. The maximum absolute atomic E-state index is 2.63. The van der Waals surface area contributed by atoms with E-state index >= 15 is 0 Å². The summed E-state index contributed by atoms with van der Waals surface area (Å²) in [5.74, 6) is 0. The van der Waals surface area contributed by atoms with E-state index in [2.05, 4.69) is 126 Å². The molecule has 0 saturated carbocycles. The van der Waals surface area contributed by atoms with E-state index in [1.54, 1.807) is 10.4 Å². The SMILES string of the molecule is CC[Si](CC)(C1=Cc2c(cccc2-c2cccc(C)c2C)C1)C1=Cc2c(cccc2-c2cccc(C)c2C)C1. The van der Waals surface area contributed by atoms with Gasteiger partial charge < -0.3 is 0 Å². The first-order chi connectivity index (χ1) is 18.9. The molecule has 0 atom stereocenters. The third-order valence-corrected chi connectivity index (χ3v) is 15.5. The van der Waals surface area contributed by atoms with E-state index in [1.165, 1.54) is 78.8 Å². The molecule has 0 amide bonds. The van der Waals surface area contributed by atoms with Gasteiger partial charge in [0.2, 0.25) is 0 Å². The second-order valence-electron chi connectivity index (χ2n) is 11.7. The fourth-order valence-corrected chi connectivity index (χ4v) is 11.9. The average Bonchev–Trinajstić information content (AvgIpc) is 3.58. The molecule has 0 radical (unpaired) electrons. The molecule has 196 valence electrons. The molecule has 0 nitrogen and oxygen atoms in total. The molecule has 1 heteroatoms. The number of aryl methyl sites for hydroxylation is 2. The summed E-state index contributed by atoms with van der Waals surface area (Å²) < 4.78 is 0. The zero-order valence-corrected chi connectivity index (χ0v) is 25.4. The van der Waals surface area contributed by atoms with Gasteiger partial charge in [0.25, 0.3) is 0 Å². The van der Waals surface area contributed by atoms with Crippen molar-refractivity contribution < 1.29 is 0 Å². The third kappa shape index (κ3) is 4.10. The van der Waals surface area contributed by atoms with Crippen LogP contribution < -0.4 is 0 Å². The Morgan fingerprint density at radius 2 is 0.897 bits per heavy atom. The molecule has 6 rings (SSSR count). The average molecular weight is 525 g/mol. The van der Waals surface area contributed by atoms with Gasteiger partial charge in [-0.25, -0.2) is 0 Å². The van der Waals surface area contributed by atoms with E-state index in [9.17, 15) is 0 Å². The molecule has 0 saturated heterocycles. The first-order valence-electron chi connectivity index (χ1n) is 14.7. The van der Waals surface area contributed by atoms with Gasteiger partial charge in [0.05, 0.1) is 0 Å². The van der Waals surface area contributed by atoms with Crippen LogP contribution in [0.1, 0.15) is 58.4 Å². The molecule has 0 spiro atoms. The molecular formula is C38H40Si. The summed E-state index contributed by atoms with van der Waals surface area (Å²) in [6, 6.07) is 30.0. The van der Waals surface area contributed by atoms with E-state index in [0.29, 0.717) is 0 Å². The van der Waals surface area contributed by atoms with Crippen molar-refractivity contribution in [2.75, 3.05) is 0 Å². The number of hydrogen-bond acceptors (Lipinski definition) is 0. The van der Waals surface area contributed by atoms with Gasteiger partial charge in [0, 0.05) is 0 Å². The number of benzene rings is 4. The summed E-state index contributed by atoms with van der Waals surface area (Å²) >= 11 is 0. The summed E-state index contributed by atoms with van der Waals surface area (Å²) in [5.41, 5.74) is 17.1. The van der Waals surface area contributed by atoms with Crippen LogP contribution in [-0.4, -0.2) is 8.07 Å². The Labute approximate surface area is 236 Å². The van der Waals surface area contributed by atoms with Gasteiger partial charge >= 0.3 is 0 Å². The smallest absolute Gasteiger partial charge is 0.0709 e. The summed E-state index contributed by atoms with van der Waals surface area (Å²) in [4.78, 5) is 0. The fraction of sp³-hybridized carbons (Fsp3) is 0.263. The van der Waals surface area contributed by atoms with Crippen LogP contribution in [0.25, 0.3) is 34.4 Å². The standard InChI is InChI=1S/C38H40Si/c1-7-39(8-2,31-21-29-15-11-19-35(37(29)23-31)33-17-9-13-25(3)27(33)5)32-22-30-16-12-20-36(38(30)24-32)34-18-10-14-26(4)28(34)6/h9-20,23-24H,7-8,21-22H2,1-6H3. The van der Waals surface area contributed by atoms with Crippen molar-refractivity contribution >= 4 is 20.2 Å². The Balaban J connectivity index is 1.45. The largest absolute Gasteiger partial charge is 0.109 e. The predicted octanol–water partition coefficient (Wildman–Crippen LogP) is 10.4. The second kappa shape index (κ2) is 9.95. The van der Waals surface area contributed by atoms with E-state index in [4.69, 9.17) is 0 Å². The first kappa shape index (κ1) is 25.8. The van der Waals surface area contributed by atoms with E-state index < -0.39 is 8.07 Å². The molecule has 0 heterocycles. The monoisotopic (exact) mass is 524 g/mol. The maximum atomic E-state index is 2.63. The molecule has 0 fully saturated rings. The number of allylic oxidation sites excluding steroid dienone is 2. The molecule has 2 aliphatic carbocycles. The minimum Gasteiger partial charge on any atom is -0.0709 e. The number of rotatable bonds is 6. The van der Waals surface area contributed by atoms with E-state index in [1.807, 2.05) is 0 Å². The molecule has 0 aromatic heterocycles. The normalized spacial score (nSPS) is 14.2. The lowest BCUT2D eigenvalue weighted by atomic mass is 9.92. The van der Waals surface area contributed by atoms with Gasteiger partial charge in [-0.1, -0.05) is 121 Å². The van der Waals surface area contributed by atoms with Crippen LogP contribution in [0.15, 0.2) is 83.2 Å². The molecule has 2 aliphatic rings. The van der Waals surface area contributed by atoms with E-state index in [0.717, 1.165) is 12.8 Å². The molecule has 4 aromatic carbocycles. The minimum absolute atomic E-state index is 1.11. The van der Waals surface area contributed by atoms with Gasteiger partial charge in [-0.15, -0.1) is 0 Å². The van der Waals surface area contributed by atoms with Gasteiger partial charge in [-0.05, 0) is 107 Å². The molecule has 0 unspecified atom stereocenters. The van der Waals surface area contributed by atoms with Crippen molar-refractivity contribution in [3.63, 3.8) is 0 Å². The lowest BCUT2D eigenvalue weighted by Crippen LogP contribution is -2.39. The zero-order valence-electron chi connectivity index (χ0n) is 24.4. The fourth-order valence-electron chi connectivity index (χ4n) is 7.27. The van der Waals surface area contributed by atoms with Gasteiger partial charge in [0.15, 0.2) is 0 Å². The molecule has 0 aliphatic heterocycles. The molecule has 39 heavy (non-hydrogen) atoms. The van der Waals surface area contributed by atoms with Crippen LogP contribution in [0, 0.1) is 27.7 Å². The van der Waals surface area contributed by atoms with Gasteiger partial charge in [-0.3, -0.25) is 0 Å². The Kier molecular flexibility index (Phi) is 6.59. The molecule has 0 N–H and O–H groups in total. The van der Waals surface area contributed by atoms with Crippen LogP contribution >= 0.6 is 0 Å². The Hall–Kier alpha value is -3.42. The van der Waals surface area contributed by atoms with Gasteiger partial charge in [-0.2, -0.15) is 0 Å². The predicted molar refractivity (Wildman–Crippen MR) is 173 cm³/mol. The first-order valence-corrected chi connectivity index (χ1v) is 17.1. The molecular weight excluding hydrogens is 485 g/mol. The molecule has 4 aromatic rings. The van der Waals surface area contributed by atoms with Crippen molar-refractivity contribution in [1.29, 1.82) is 0 Å². The highest BCUT2D eigenvalue weighted by Gasteiger charge is 2.41. The van der Waals surface area contributed by atoms with Crippen LogP contribution in [0.4, 0.5) is 0 Å². The Bertz CT molecular complexity index is 1540. The Morgan fingerprint density at radius 3 is 1.31 bits per heavy atom. The quantitative estimate of drug-likeness (QED) is 0.220. The van der Waals surface area contributed by atoms with E-state index in [-0.39, 0.29) is 0 Å². The molecule has 0 bridgehead atoms. The van der Waals surface area contributed by atoms with Crippen molar-refractivity contribution in [1.82, 2.24) is 0 Å². The third-order valence-electron chi connectivity index (χ3n) is 10.0. The van der Waals surface area contributed by atoms with Crippen LogP contribution in [0.2, 0.25) is 12.1 Å². The topological polar surface area (TPSA) is 0 Å². The van der Waals surface area contributed by atoms with Crippen LogP contribution in [0.5, 0.6) is 0 Å². The highest BCUT2D eigenvalue weighted by molar-refractivity contribution is 6.94. The van der Waals surface area contributed by atoms with Crippen molar-refractivity contribution in [2.24, 2.45) is 0 Å².